The summed E-state index contributed by atoms with van der Waals surface area (Å²) in [5.74, 6) is -1.49. The lowest BCUT2D eigenvalue weighted by Crippen LogP contribution is -2.40. The van der Waals surface area contributed by atoms with Crippen molar-refractivity contribution in [3.8, 4) is 11.1 Å². The molecule has 7 heteroatoms. The molecule has 7 nitrogen and oxygen atoms in total. The number of amides is 2. The Balaban J connectivity index is 1.39. The minimum absolute atomic E-state index is 0.0330. The first-order valence-corrected chi connectivity index (χ1v) is 11.1. The number of carboxylic acid groups (broad SMARTS) is 1. The molecule has 0 aliphatic heterocycles. The molecule has 0 atom stereocenters. The first-order valence-electron chi connectivity index (χ1n) is 11.1. The molecule has 2 N–H and O–H groups in total. The lowest BCUT2D eigenvalue weighted by molar-refractivity contribution is -0.138. The predicted molar refractivity (Wildman–Crippen MR) is 129 cm³/mol. The second kappa shape index (κ2) is 9.79. The first-order chi connectivity index (χ1) is 16.3. The summed E-state index contributed by atoms with van der Waals surface area (Å²) in [5, 5.41) is 11.7. The summed E-state index contributed by atoms with van der Waals surface area (Å²) in [6.07, 6.45) is -0.587. The smallest absolute Gasteiger partial charge is 0.411 e. The van der Waals surface area contributed by atoms with Gasteiger partial charge in [0.05, 0.1) is 0 Å². The maximum absolute atomic E-state index is 12.7. The standard InChI is InChI=1S/C27H26N2O5/c1-17(2)29(15-25(30)31)26(32)18-11-13-19(14-12-18)28-27(33)34-16-24-22-9-5-3-7-20(22)21-8-4-6-10-23(21)24/h3-14,17,24H,15-16H2,1-2H3,(H,28,33)(H,30,31). The molecule has 1 aliphatic rings. The quantitative estimate of drug-likeness (QED) is 0.520. The minimum Gasteiger partial charge on any atom is -0.480 e. The molecule has 34 heavy (non-hydrogen) atoms. The van der Waals surface area contributed by atoms with Crippen LogP contribution in [0, 0.1) is 0 Å². The van der Waals surface area contributed by atoms with Crippen LogP contribution in [0.4, 0.5) is 10.5 Å². The van der Waals surface area contributed by atoms with Gasteiger partial charge >= 0.3 is 12.1 Å². The highest BCUT2D eigenvalue weighted by Crippen LogP contribution is 2.44. The molecule has 1 aliphatic carbocycles. The highest BCUT2D eigenvalue weighted by atomic mass is 16.5. The largest absolute Gasteiger partial charge is 0.480 e. The molecule has 4 rings (SSSR count). The Hall–Kier alpha value is -4.13. The second-order valence-corrected chi connectivity index (χ2v) is 8.45. The van der Waals surface area contributed by atoms with Crippen molar-refractivity contribution >= 4 is 23.7 Å². The molecule has 0 unspecified atom stereocenters. The number of carboxylic acids is 1. The van der Waals surface area contributed by atoms with Crippen LogP contribution in [0.15, 0.2) is 72.8 Å². The van der Waals surface area contributed by atoms with Gasteiger partial charge in [0.15, 0.2) is 0 Å². The van der Waals surface area contributed by atoms with Crippen LogP contribution in [0.1, 0.15) is 41.3 Å². The van der Waals surface area contributed by atoms with Crippen LogP contribution < -0.4 is 5.32 Å². The van der Waals surface area contributed by atoms with Gasteiger partial charge in [-0.05, 0) is 60.4 Å². The number of hydrogen-bond donors (Lipinski definition) is 2. The van der Waals surface area contributed by atoms with E-state index in [-0.39, 0.29) is 31.0 Å². The van der Waals surface area contributed by atoms with Crippen molar-refractivity contribution in [3.05, 3.63) is 89.5 Å². The Kier molecular flexibility index (Phi) is 6.63. The van der Waals surface area contributed by atoms with Crippen molar-refractivity contribution in [2.45, 2.75) is 25.8 Å². The molecule has 0 saturated carbocycles. The molecule has 0 radical (unpaired) electrons. The van der Waals surface area contributed by atoms with Crippen LogP contribution in [0.3, 0.4) is 0 Å². The van der Waals surface area contributed by atoms with Crippen molar-refractivity contribution in [2.24, 2.45) is 0 Å². The number of nitrogens with one attached hydrogen (secondary N) is 1. The average Bonchev–Trinajstić information content (AvgIpc) is 3.15. The van der Waals surface area contributed by atoms with E-state index >= 15 is 0 Å². The zero-order valence-electron chi connectivity index (χ0n) is 19.0. The summed E-state index contributed by atoms with van der Waals surface area (Å²) in [5.41, 5.74) is 5.40. The second-order valence-electron chi connectivity index (χ2n) is 8.45. The van der Waals surface area contributed by atoms with Gasteiger partial charge in [-0.1, -0.05) is 48.5 Å². The molecule has 2 amide bonds. The molecule has 174 valence electrons. The highest BCUT2D eigenvalue weighted by Gasteiger charge is 2.29. The summed E-state index contributed by atoms with van der Waals surface area (Å²) in [7, 11) is 0. The number of aliphatic carboxylic acids is 1. The van der Waals surface area contributed by atoms with Gasteiger partial charge in [0.25, 0.3) is 5.91 Å². The van der Waals surface area contributed by atoms with E-state index in [2.05, 4.69) is 29.6 Å². The van der Waals surface area contributed by atoms with Crippen LogP contribution in [-0.2, 0) is 9.53 Å². The molecular weight excluding hydrogens is 432 g/mol. The Bertz CT molecular complexity index is 1170. The van der Waals surface area contributed by atoms with Crippen LogP contribution in [0.25, 0.3) is 11.1 Å². The third-order valence-corrected chi connectivity index (χ3v) is 5.91. The van der Waals surface area contributed by atoms with E-state index in [0.717, 1.165) is 22.3 Å². The third-order valence-electron chi connectivity index (χ3n) is 5.91. The van der Waals surface area contributed by atoms with Gasteiger partial charge < -0.3 is 14.7 Å². The summed E-state index contributed by atoms with van der Waals surface area (Å²) >= 11 is 0. The van der Waals surface area contributed by atoms with Gasteiger partial charge in [0.2, 0.25) is 0 Å². The lowest BCUT2D eigenvalue weighted by atomic mass is 9.98. The first kappa shape index (κ1) is 23.0. The number of fused-ring (bicyclic) bond motifs is 3. The summed E-state index contributed by atoms with van der Waals surface area (Å²) in [6.45, 7) is 3.34. The number of rotatable bonds is 7. The van der Waals surface area contributed by atoms with Gasteiger partial charge in [-0.2, -0.15) is 0 Å². The van der Waals surface area contributed by atoms with E-state index < -0.39 is 12.1 Å². The van der Waals surface area contributed by atoms with E-state index in [0.29, 0.717) is 11.3 Å². The number of ether oxygens (including phenoxy) is 1. The summed E-state index contributed by atoms with van der Waals surface area (Å²) in [4.78, 5) is 37.5. The van der Waals surface area contributed by atoms with Crippen molar-refractivity contribution in [1.29, 1.82) is 0 Å². The summed E-state index contributed by atoms with van der Waals surface area (Å²) < 4.78 is 5.54. The van der Waals surface area contributed by atoms with Crippen molar-refractivity contribution in [3.63, 3.8) is 0 Å². The van der Waals surface area contributed by atoms with Crippen molar-refractivity contribution in [1.82, 2.24) is 4.90 Å². The van der Waals surface area contributed by atoms with Crippen LogP contribution >= 0.6 is 0 Å². The molecule has 0 fully saturated rings. The Morgan fingerprint density at radius 1 is 0.912 bits per heavy atom. The zero-order chi connectivity index (χ0) is 24.2. The van der Waals surface area contributed by atoms with Gasteiger partial charge in [0.1, 0.15) is 13.2 Å². The fraction of sp³-hybridized carbons (Fsp3) is 0.222. The molecule has 0 bridgehead atoms. The number of benzene rings is 3. The van der Waals surface area contributed by atoms with E-state index in [1.807, 2.05) is 24.3 Å². The highest BCUT2D eigenvalue weighted by molar-refractivity contribution is 5.96. The third kappa shape index (κ3) is 4.78. The lowest BCUT2D eigenvalue weighted by Gasteiger charge is -2.25. The molecule has 3 aromatic rings. The zero-order valence-corrected chi connectivity index (χ0v) is 19.0. The van der Waals surface area contributed by atoms with Crippen LogP contribution in [-0.4, -0.2) is 47.2 Å². The Labute approximate surface area is 198 Å². The molecule has 0 spiro atoms. The number of nitrogens with zero attached hydrogens (tertiary/aromatic N) is 1. The van der Waals surface area contributed by atoms with Gasteiger partial charge in [-0.15, -0.1) is 0 Å². The number of anilines is 1. The van der Waals surface area contributed by atoms with Crippen LogP contribution in [0.5, 0.6) is 0 Å². The average molecular weight is 459 g/mol. The molecule has 0 aromatic heterocycles. The van der Waals surface area contributed by atoms with E-state index in [4.69, 9.17) is 9.84 Å². The number of carbonyl (C=O) groups excluding carboxylic acids is 2. The fourth-order valence-corrected chi connectivity index (χ4v) is 4.25. The summed E-state index contributed by atoms with van der Waals surface area (Å²) in [6, 6.07) is 22.3. The molecular formula is C27H26N2O5. The number of hydrogen-bond acceptors (Lipinski definition) is 4. The maximum Gasteiger partial charge on any atom is 0.411 e. The SMILES string of the molecule is CC(C)N(CC(=O)O)C(=O)c1ccc(NC(=O)OCC2c3ccccc3-c3ccccc32)cc1. The van der Waals surface area contributed by atoms with Crippen molar-refractivity contribution < 1.29 is 24.2 Å². The number of carbonyl (C=O) groups is 3. The van der Waals surface area contributed by atoms with E-state index in [1.165, 1.54) is 4.90 Å². The fourth-order valence-electron chi connectivity index (χ4n) is 4.25. The minimum atomic E-state index is -1.07. The maximum atomic E-state index is 12.7. The Morgan fingerprint density at radius 2 is 1.47 bits per heavy atom. The predicted octanol–water partition coefficient (Wildman–Crippen LogP) is 4.98. The Morgan fingerprint density at radius 3 is 2.00 bits per heavy atom. The monoisotopic (exact) mass is 458 g/mol. The molecule has 3 aromatic carbocycles. The van der Waals surface area contributed by atoms with Crippen LogP contribution in [0.2, 0.25) is 0 Å². The van der Waals surface area contributed by atoms with E-state index in [1.54, 1.807) is 38.1 Å². The van der Waals surface area contributed by atoms with Gasteiger partial charge in [-0.3, -0.25) is 14.9 Å². The molecule has 0 saturated heterocycles. The topological polar surface area (TPSA) is 95.9 Å². The normalized spacial score (nSPS) is 12.1. The van der Waals surface area contributed by atoms with E-state index in [9.17, 15) is 14.4 Å². The van der Waals surface area contributed by atoms with Gasteiger partial charge in [0, 0.05) is 23.2 Å². The molecule has 0 heterocycles. The van der Waals surface area contributed by atoms with Gasteiger partial charge in [-0.25, -0.2) is 4.79 Å². The van der Waals surface area contributed by atoms with Crippen molar-refractivity contribution in [2.75, 3.05) is 18.5 Å².